The molecule has 0 amide bonds. The summed E-state index contributed by atoms with van der Waals surface area (Å²) in [6, 6.07) is 0. The molecule has 0 saturated carbocycles. The molecule has 0 aliphatic carbocycles. The van der Waals surface area contributed by atoms with E-state index in [1.165, 1.54) is 13.8 Å². The monoisotopic (exact) mass is 222 g/mol. The Bertz CT molecular complexity index is 193. The molecule has 0 heterocycles. The lowest BCUT2D eigenvalue weighted by atomic mass is 10.1. The second-order valence-electron chi connectivity index (χ2n) is 2.95. The Labute approximate surface area is 88.5 Å². The number of rotatable bonds is 6. The van der Waals surface area contributed by atoms with Crippen molar-refractivity contribution in [3.63, 3.8) is 0 Å². The van der Waals surface area contributed by atoms with Crippen molar-refractivity contribution in [2.24, 2.45) is 5.92 Å². The van der Waals surface area contributed by atoms with Crippen molar-refractivity contribution in [2.75, 3.05) is 19.1 Å². The van der Waals surface area contributed by atoms with Gasteiger partial charge >= 0.3 is 11.9 Å². The van der Waals surface area contributed by atoms with Crippen LogP contribution in [0.5, 0.6) is 0 Å². The second kappa shape index (κ2) is 7.62. The topological polar surface area (TPSA) is 52.6 Å². The summed E-state index contributed by atoms with van der Waals surface area (Å²) in [6.45, 7) is 3.28. The lowest BCUT2D eigenvalue weighted by Crippen LogP contribution is -2.16. The highest BCUT2D eigenvalue weighted by atomic mass is 35.5. The molecule has 0 spiro atoms. The van der Waals surface area contributed by atoms with Gasteiger partial charge < -0.3 is 9.47 Å². The summed E-state index contributed by atoms with van der Waals surface area (Å²) >= 11 is 5.63. The summed E-state index contributed by atoms with van der Waals surface area (Å²) < 4.78 is 9.53. The van der Waals surface area contributed by atoms with E-state index in [-0.39, 0.29) is 24.5 Å². The molecule has 0 unspecified atom stereocenters. The quantitative estimate of drug-likeness (QED) is 0.503. The summed E-state index contributed by atoms with van der Waals surface area (Å²) in [5.74, 6) is -0.215. The Morgan fingerprint density at radius 2 is 1.79 bits per heavy atom. The van der Waals surface area contributed by atoms with Crippen LogP contribution >= 0.6 is 11.6 Å². The van der Waals surface area contributed by atoms with Crippen molar-refractivity contribution in [1.29, 1.82) is 0 Å². The first-order valence-electron chi connectivity index (χ1n) is 4.39. The van der Waals surface area contributed by atoms with Crippen molar-refractivity contribution in [3.05, 3.63) is 0 Å². The predicted octanol–water partition coefficient (Wildman–Crippen LogP) is 1.36. The van der Waals surface area contributed by atoms with Crippen molar-refractivity contribution >= 4 is 23.5 Å². The summed E-state index contributed by atoms with van der Waals surface area (Å²) in [5, 5.41) is 0. The zero-order chi connectivity index (χ0) is 11.0. The highest BCUT2D eigenvalue weighted by molar-refractivity contribution is 6.18. The zero-order valence-electron chi connectivity index (χ0n) is 8.42. The Morgan fingerprint density at radius 3 is 2.21 bits per heavy atom. The Morgan fingerprint density at radius 1 is 1.21 bits per heavy atom. The molecule has 14 heavy (non-hydrogen) atoms. The largest absolute Gasteiger partial charge is 0.466 e. The van der Waals surface area contributed by atoms with E-state index in [1.807, 2.05) is 0 Å². The molecule has 0 aliphatic rings. The molecule has 5 heteroatoms. The number of halogens is 1. The molecule has 0 aromatic rings. The van der Waals surface area contributed by atoms with Gasteiger partial charge in [-0.3, -0.25) is 9.59 Å². The van der Waals surface area contributed by atoms with E-state index in [1.54, 1.807) is 0 Å². The molecule has 82 valence electrons. The van der Waals surface area contributed by atoms with Crippen molar-refractivity contribution < 1.29 is 19.1 Å². The van der Waals surface area contributed by atoms with Gasteiger partial charge in [-0.25, -0.2) is 0 Å². The smallest absolute Gasteiger partial charge is 0.302 e. The molecular formula is C9H15ClO4. The third-order valence-corrected chi connectivity index (χ3v) is 2.01. The van der Waals surface area contributed by atoms with Gasteiger partial charge in [0.05, 0.1) is 13.2 Å². The molecule has 4 nitrogen and oxygen atoms in total. The molecule has 0 saturated heterocycles. The second-order valence-corrected chi connectivity index (χ2v) is 3.26. The third kappa shape index (κ3) is 7.86. The van der Waals surface area contributed by atoms with E-state index in [0.29, 0.717) is 18.9 Å². The van der Waals surface area contributed by atoms with Crippen LogP contribution in [0, 0.1) is 5.92 Å². The maximum Gasteiger partial charge on any atom is 0.302 e. The van der Waals surface area contributed by atoms with Gasteiger partial charge in [-0.05, 0) is 6.42 Å². The van der Waals surface area contributed by atoms with Crippen molar-refractivity contribution in [2.45, 2.75) is 20.3 Å². The van der Waals surface area contributed by atoms with Gasteiger partial charge in [-0.15, -0.1) is 11.6 Å². The minimum Gasteiger partial charge on any atom is -0.466 e. The molecule has 0 radical (unpaired) electrons. The average molecular weight is 223 g/mol. The molecule has 1 atom stereocenters. The predicted molar refractivity (Wildman–Crippen MR) is 52.1 cm³/mol. The fourth-order valence-electron chi connectivity index (χ4n) is 0.810. The number of hydrogen-bond donors (Lipinski definition) is 0. The molecule has 0 aromatic carbocycles. The maximum absolute atomic E-state index is 10.5. The van der Waals surface area contributed by atoms with Crippen LogP contribution in [0.2, 0.25) is 0 Å². The molecule has 0 rings (SSSR count). The fourth-order valence-corrected chi connectivity index (χ4v) is 1.05. The van der Waals surface area contributed by atoms with Gasteiger partial charge in [0.25, 0.3) is 0 Å². The SMILES string of the molecule is CC(=O)OCC[C@@H](CCl)COC(C)=O. The molecule has 0 fully saturated rings. The lowest BCUT2D eigenvalue weighted by molar-refractivity contribution is -0.144. The van der Waals surface area contributed by atoms with E-state index >= 15 is 0 Å². The lowest BCUT2D eigenvalue weighted by Gasteiger charge is -2.12. The molecule has 0 aromatic heterocycles. The minimum absolute atomic E-state index is 0.0416. The Kier molecular flexibility index (Phi) is 7.20. The summed E-state index contributed by atoms with van der Waals surface area (Å²) in [4.78, 5) is 20.9. The Hall–Kier alpha value is -0.770. The van der Waals surface area contributed by atoms with Gasteiger partial charge in [-0.1, -0.05) is 0 Å². The average Bonchev–Trinajstić information content (AvgIpc) is 2.10. The van der Waals surface area contributed by atoms with Crippen LogP contribution in [0.15, 0.2) is 0 Å². The first kappa shape index (κ1) is 13.2. The molecule has 0 N–H and O–H groups in total. The van der Waals surface area contributed by atoms with Crippen LogP contribution in [-0.4, -0.2) is 31.0 Å². The van der Waals surface area contributed by atoms with Gasteiger partial charge in [0.2, 0.25) is 0 Å². The number of alkyl halides is 1. The van der Waals surface area contributed by atoms with E-state index < -0.39 is 0 Å². The van der Waals surface area contributed by atoms with Gasteiger partial charge in [0.15, 0.2) is 0 Å². The van der Waals surface area contributed by atoms with Crippen LogP contribution in [-0.2, 0) is 19.1 Å². The highest BCUT2D eigenvalue weighted by Gasteiger charge is 2.09. The van der Waals surface area contributed by atoms with Gasteiger partial charge in [0.1, 0.15) is 0 Å². The molecular weight excluding hydrogens is 208 g/mol. The van der Waals surface area contributed by atoms with Crippen LogP contribution in [0.25, 0.3) is 0 Å². The molecule has 0 bridgehead atoms. The number of ether oxygens (including phenoxy) is 2. The van der Waals surface area contributed by atoms with E-state index in [0.717, 1.165) is 0 Å². The van der Waals surface area contributed by atoms with Crippen LogP contribution in [0.1, 0.15) is 20.3 Å². The summed E-state index contributed by atoms with van der Waals surface area (Å²) in [5.41, 5.74) is 0. The number of esters is 2. The van der Waals surface area contributed by atoms with Gasteiger partial charge in [0, 0.05) is 25.6 Å². The standard InChI is InChI=1S/C9H15ClO4/c1-7(11)13-4-3-9(5-10)6-14-8(2)12/h9H,3-6H2,1-2H3/t9-/m0/s1. The number of carbonyl (C=O) groups is 2. The maximum atomic E-state index is 10.5. The third-order valence-electron chi connectivity index (χ3n) is 1.57. The summed E-state index contributed by atoms with van der Waals surface area (Å²) in [7, 11) is 0. The van der Waals surface area contributed by atoms with Crippen molar-refractivity contribution in [1.82, 2.24) is 0 Å². The van der Waals surface area contributed by atoms with Crippen LogP contribution in [0.4, 0.5) is 0 Å². The first-order chi connectivity index (χ1) is 6.56. The normalized spacial score (nSPS) is 11.9. The van der Waals surface area contributed by atoms with E-state index in [4.69, 9.17) is 21.1 Å². The highest BCUT2D eigenvalue weighted by Crippen LogP contribution is 2.06. The fraction of sp³-hybridized carbons (Fsp3) is 0.778. The number of carbonyl (C=O) groups excluding carboxylic acids is 2. The van der Waals surface area contributed by atoms with Crippen molar-refractivity contribution in [3.8, 4) is 0 Å². The van der Waals surface area contributed by atoms with Crippen LogP contribution < -0.4 is 0 Å². The van der Waals surface area contributed by atoms with E-state index in [2.05, 4.69) is 0 Å². The van der Waals surface area contributed by atoms with Crippen LogP contribution in [0.3, 0.4) is 0 Å². The number of hydrogen-bond acceptors (Lipinski definition) is 4. The zero-order valence-corrected chi connectivity index (χ0v) is 9.17. The summed E-state index contributed by atoms with van der Waals surface area (Å²) in [6.07, 6.45) is 0.608. The van der Waals surface area contributed by atoms with E-state index in [9.17, 15) is 9.59 Å². The minimum atomic E-state index is -0.326. The first-order valence-corrected chi connectivity index (χ1v) is 4.92. The Balaban J connectivity index is 3.57. The van der Waals surface area contributed by atoms with Gasteiger partial charge in [-0.2, -0.15) is 0 Å². The molecule has 0 aliphatic heterocycles.